The normalized spacial score (nSPS) is 15.5. The van der Waals surface area contributed by atoms with Crippen molar-refractivity contribution >= 4 is 17.3 Å². The number of hydrogen-bond acceptors (Lipinski definition) is 3. The maximum Gasteiger partial charge on any atom is 0.220 e. The first kappa shape index (κ1) is 20.2. The molecule has 0 spiro atoms. The number of amides is 1. The zero-order valence-corrected chi connectivity index (χ0v) is 17.4. The summed E-state index contributed by atoms with van der Waals surface area (Å²) < 4.78 is 0. The molecule has 3 N–H and O–H groups in total. The Morgan fingerprint density at radius 1 is 1.07 bits per heavy atom. The van der Waals surface area contributed by atoms with Crippen molar-refractivity contribution in [3.8, 4) is 0 Å². The van der Waals surface area contributed by atoms with Crippen LogP contribution in [0.3, 0.4) is 0 Å². The summed E-state index contributed by atoms with van der Waals surface area (Å²) in [6.45, 7) is 8.67. The number of carbonyl (C=O) groups excluding carboxylic acids is 1. The first-order valence-electron chi connectivity index (χ1n) is 10.3. The van der Waals surface area contributed by atoms with Gasteiger partial charge in [-0.15, -0.1) is 0 Å². The highest BCUT2D eigenvalue weighted by molar-refractivity contribution is 5.76. The van der Waals surface area contributed by atoms with Crippen LogP contribution in [-0.2, 0) is 16.6 Å². The van der Waals surface area contributed by atoms with Gasteiger partial charge in [-0.1, -0.05) is 51.1 Å². The first-order valence-corrected chi connectivity index (χ1v) is 10.3. The van der Waals surface area contributed by atoms with Gasteiger partial charge >= 0.3 is 0 Å². The molecule has 150 valence electrons. The second-order valence-corrected chi connectivity index (χ2v) is 8.82. The van der Waals surface area contributed by atoms with E-state index in [1.54, 1.807) is 0 Å². The van der Waals surface area contributed by atoms with Gasteiger partial charge in [0, 0.05) is 36.9 Å². The van der Waals surface area contributed by atoms with Crippen LogP contribution in [0.25, 0.3) is 0 Å². The highest BCUT2D eigenvalue weighted by Crippen LogP contribution is 2.26. The average Bonchev–Trinajstić information content (AvgIpc) is 2.67. The van der Waals surface area contributed by atoms with Gasteiger partial charge in [-0.25, -0.2) is 0 Å². The molecule has 2 aromatic rings. The van der Waals surface area contributed by atoms with E-state index < -0.39 is 0 Å². The molecular weight excluding hydrogens is 346 g/mol. The van der Waals surface area contributed by atoms with Crippen LogP contribution >= 0.6 is 0 Å². The lowest BCUT2D eigenvalue weighted by molar-refractivity contribution is -0.121. The van der Waals surface area contributed by atoms with Gasteiger partial charge in [0.25, 0.3) is 0 Å². The Morgan fingerprint density at radius 2 is 1.71 bits per heavy atom. The molecule has 1 saturated heterocycles. The minimum atomic E-state index is 0.122. The fraction of sp³-hybridized carbons (Fsp3) is 0.458. The fourth-order valence-corrected chi connectivity index (χ4v) is 3.76. The number of nitrogens with two attached hydrogens (primary N) is 1. The summed E-state index contributed by atoms with van der Waals surface area (Å²) in [7, 11) is 0. The zero-order chi connectivity index (χ0) is 20.1. The van der Waals surface area contributed by atoms with E-state index in [4.69, 9.17) is 5.73 Å². The summed E-state index contributed by atoms with van der Waals surface area (Å²) in [4.78, 5) is 14.7. The predicted octanol–water partition coefficient (Wildman–Crippen LogP) is 4.28. The molecular formula is C24H33N3O. The molecule has 1 amide bonds. The van der Waals surface area contributed by atoms with Crippen molar-refractivity contribution in [3.63, 3.8) is 0 Å². The van der Waals surface area contributed by atoms with Crippen molar-refractivity contribution in [1.82, 2.24) is 5.32 Å². The van der Waals surface area contributed by atoms with Crippen molar-refractivity contribution in [2.24, 2.45) is 0 Å². The van der Waals surface area contributed by atoms with E-state index >= 15 is 0 Å². The summed E-state index contributed by atoms with van der Waals surface area (Å²) in [6, 6.07) is 17.0. The number of nitrogens with one attached hydrogen (secondary N) is 1. The number of benzene rings is 2. The zero-order valence-electron chi connectivity index (χ0n) is 17.4. The first-order chi connectivity index (χ1) is 13.3. The lowest BCUT2D eigenvalue weighted by atomic mass is 9.87. The fourth-order valence-electron chi connectivity index (χ4n) is 3.76. The third-order valence-corrected chi connectivity index (χ3v) is 5.64. The van der Waals surface area contributed by atoms with Gasteiger partial charge in [-0.3, -0.25) is 4.79 Å². The molecule has 1 aliphatic heterocycles. The van der Waals surface area contributed by atoms with E-state index in [1.807, 2.05) is 24.3 Å². The minimum Gasteiger partial charge on any atom is -0.399 e. The van der Waals surface area contributed by atoms with Gasteiger partial charge in [0.15, 0.2) is 0 Å². The topological polar surface area (TPSA) is 58.4 Å². The number of aryl methyl sites for hydroxylation is 1. The molecule has 2 aromatic carbocycles. The third kappa shape index (κ3) is 5.28. The van der Waals surface area contributed by atoms with Crippen molar-refractivity contribution in [2.75, 3.05) is 23.7 Å². The van der Waals surface area contributed by atoms with Gasteiger partial charge in [-0.2, -0.15) is 0 Å². The van der Waals surface area contributed by atoms with Crippen molar-refractivity contribution in [2.45, 2.75) is 57.9 Å². The molecule has 0 atom stereocenters. The molecule has 4 heteroatoms. The van der Waals surface area contributed by atoms with Crippen LogP contribution in [0.5, 0.6) is 0 Å². The van der Waals surface area contributed by atoms with E-state index in [1.165, 1.54) is 11.3 Å². The van der Waals surface area contributed by atoms with Gasteiger partial charge in [0.05, 0.1) is 0 Å². The summed E-state index contributed by atoms with van der Waals surface area (Å²) >= 11 is 0. The van der Waals surface area contributed by atoms with Crippen LogP contribution in [0.1, 0.15) is 51.2 Å². The molecule has 28 heavy (non-hydrogen) atoms. The Hall–Kier alpha value is -2.49. The Bertz CT molecular complexity index is 784. The second-order valence-electron chi connectivity index (χ2n) is 8.82. The number of anilines is 2. The molecule has 0 saturated carbocycles. The predicted molar refractivity (Wildman–Crippen MR) is 118 cm³/mol. The molecule has 0 aromatic heterocycles. The number of para-hydroxylation sites is 1. The number of rotatable bonds is 5. The molecule has 1 fully saturated rings. The number of nitrogens with zero attached hydrogens (tertiary/aromatic N) is 1. The number of piperidine rings is 1. The summed E-state index contributed by atoms with van der Waals surface area (Å²) in [5.41, 5.74) is 10.6. The Balaban J connectivity index is 1.45. The quantitative estimate of drug-likeness (QED) is 0.762. The molecule has 0 radical (unpaired) electrons. The Morgan fingerprint density at radius 3 is 2.32 bits per heavy atom. The van der Waals surface area contributed by atoms with E-state index in [0.29, 0.717) is 12.8 Å². The number of hydrogen-bond donors (Lipinski definition) is 2. The van der Waals surface area contributed by atoms with E-state index in [0.717, 1.165) is 37.2 Å². The lowest BCUT2D eigenvalue weighted by Crippen LogP contribution is -2.44. The largest absolute Gasteiger partial charge is 0.399 e. The van der Waals surface area contributed by atoms with Crippen molar-refractivity contribution < 1.29 is 4.79 Å². The SMILES string of the molecule is CC(C)(C)c1ccc(N2CCC(NC(=O)CCc3ccccc3N)CC2)cc1. The van der Waals surface area contributed by atoms with Crippen LogP contribution in [-0.4, -0.2) is 25.0 Å². The molecule has 1 aliphatic rings. The lowest BCUT2D eigenvalue weighted by Gasteiger charge is -2.34. The molecule has 4 nitrogen and oxygen atoms in total. The minimum absolute atomic E-state index is 0.122. The van der Waals surface area contributed by atoms with Gasteiger partial charge in [0.2, 0.25) is 5.91 Å². The third-order valence-electron chi connectivity index (χ3n) is 5.64. The van der Waals surface area contributed by atoms with Crippen LogP contribution in [0.2, 0.25) is 0 Å². The maximum atomic E-state index is 12.3. The number of nitrogen functional groups attached to an aromatic ring is 1. The molecule has 1 heterocycles. The highest BCUT2D eigenvalue weighted by atomic mass is 16.1. The van der Waals surface area contributed by atoms with E-state index in [2.05, 4.69) is 55.3 Å². The van der Waals surface area contributed by atoms with Crippen LogP contribution in [0.15, 0.2) is 48.5 Å². The van der Waals surface area contributed by atoms with Crippen LogP contribution in [0, 0.1) is 0 Å². The molecule has 0 aliphatic carbocycles. The van der Waals surface area contributed by atoms with Gasteiger partial charge in [-0.05, 0) is 54.0 Å². The summed E-state index contributed by atoms with van der Waals surface area (Å²) in [5.74, 6) is 0.122. The average molecular weight is 380 g/mol. The van der Waals surface area contributed by atoms with Gasteiger partial charge < -0.3 is 16.0 Å². The maximum absolute atomic E-state index is 12.3. The highest BCUT2D eigenvalue weighted by Gasteiger charge is 2.21. The van der Waals surface area contributed by atoms with Crippen molar-refractivity contribution in [1.29, 1.82) is 0 Å². The van der Waals surface area contributed by atoms with Crippen LogP contribution < -0.4 is 16.0 Å². The standard InChI is InChI=1S/C24H33N3O/c1-24(2,3)19-9-11-21(12-10-19)27-16-14-20(15-17-27)26-23(28)13-8-18-6-4-5-7-22(18)25/h4-7,9-12,20H,8,13-17,25H2,1-3H3,(H,26,28). The monoisotopic (exact) mass is 379 g/mol. The van der Waals surface area contributed by atoms with E-state index in [9.17, 15) is 4.79 Å². The summed E-state index contributed by atoms with van der Waals surface area (Å²) in [5, 5.41) is 3.20. The molecule has 3 rings (SSSR count). The Labute approximate surface area is 169 Å². The summed E-state index contributed by atoms with van der Waals surface area (Å²) in [6.07, 6.45) is 3.15. The van der Waals surface area contributed by atoms with Gasteiger partial charge in [0.1, 0.15) is 0 Å². The van der Waals surface area contributed by atoms with Crippen LogP contribution in [0.4, 0.5) is 11.4 Å². The molecule has 0 bridgehead atoms. The second kappa shape index (κ2) is 8.68. The Kier molecular flexibility index (Phi) is 6.28. The smallest absolute Gasteiger partial charge is 0.220 e. The molecule has 0 unspecified atom stereocenters. The van der Waals surface area contributed by atoms with Crippen molar-refractivity contribution in [3.05, 3.63) is 59.7 Å². The number of carbonyl (C=O) groups is 1. The van der Waals surface area contributed by atoms with E-state index in [-0.39, 0.29) is 17.4 Å².